The Balaban J connectivity index is 1.44. The lowest BCUT2D eigenvalue weighted by atomic mass is 9.98. The van der Waals surface area contributed by atoms with Crippen LogP contribution in [0.4, 0.5) is 0 Å². The molecule has 0 unspecified atom stereocenters. The Bertz CT molecular complexity index is 1610. The first-order valence-electron chi connectivity index (χ1n) is 12.1. The minimum Gasteiger partial charge on any atom is -0.208 e. The van der Waals surface area contributed by atoms with E-state index < -0.39 is 0 Å². The molecule has 0 radical (unpaired) electrons. The first kappa shape index (κ1) is 22.8. The van der Waals surface area contributed by atoms with Crippen molar-refractivity contribution in [1.29, 1.82) is 0 Å². The summed E-state index contributed by atoms with van der Waals surface area (Å²) < 4.78 is 0. The minimum atomic E-state index is 0.642. The van der Waals surface area contributed by atoms with E-state index in [2.05, 4.69) is 36.4 Å². The van der Waals surface area contributed by atoms with E-state index in [1.165, 1.54) is 0 Å². The van der Waals surface area contributed by atoms with Crippen molar-refractivity contribution in [2.75, 3.05) is 0 Å². The molecule has 0 atom stereocenters. The van der Waals surface area contributed by atoms with Crippen LogP contribution in [0.2, 0.25) is 5.02 Å². The maximum Gasteiger partial charge on any atom is 0.164 e. The number of aromatic nitrogens is 3. The fourth-order valence-corrected chi connectivity index (χ4v) is 4.42. The molecule has 1 heterocycles. The van der Waals surface area contributed by atoms with E-state index in [0.29, 0.717) is 17.5 Å². The van der Waals surface area contributed by atoms with Crippen molar-refractivity contribution in [3.8, 4) is 56.4 Å². The van der Waals surface area contributed by atoms with Gasteiger partial charge in [0.1, 0.15) is 0 Å². The smallest absolute Gasteiger partial charge is 0.164 e. The second kappa shape index (κ2) is 10.2. The van der Waals surface area contributed by atoms with Gasteiger partial charge in [-0.2, -0.15) is 0 Å². The van der Waals surface area contributed by atoms with Gasteiger partial charge < -0.3 is 0 Å². The van der Waals surface area contributed by atoms with E-state index in [9.17, 15) is 0 Å². The lowest BCUT2D eigenvalue weighted by molar-refractivity contribution is 1.07. The zero-order valence-corrected chi connectivity index (χ0v) is 20.7. The van der Waals surface area contributed by atoms with Gasteiger partial charge in [-0.25, -0.2) is 15.0 Å². The van der Waals surface area contributed by atoms with Gasteiger partial charge in [0, 0.05) is 21.7 Å². The van der Waals surface area contributed by atoms with Crippen molar-refractivity contribution in [2.45, 2.75) is 0 Å². The van der Waals surface area contributed by atoms with Crippen molar-refractivity contribution in [3.05, 3.63) is 138 Å². The normalized spacial score (nSPS) is 10.8. The molecule has 0 N–H and O–H groups in total. The van der Waals surface area contributed by atoms with Gasteiger partial charge in [0.2, 0.25) is 0 Å². The summed E-state index contributed by atoms with van der Waals surface area (Å²) in [6.07, 6.45) is 0. The van der Waals surface area contributed by atoms with Gasteiger partial charge in [-0.05, 0) is 46.5 Å². The third-order valence-corrected chi connectivity index (χ3v) is 6.45. The molecule has 0 spiro atoms. The molecule has 0 aliphatic rings. The average molecular weight is 496 g/mol. The third-order valence-electron chi connectivity index (χ3n) is 6.19. The van der Waals surface area contributed by atoms with Crippen molar-refractivity contribution in [3.63, 3.8) is 0 Å². The van der Waals surface area contributed by atoms with Crippen LogP contribution in [0.3, 0.4) is 0 Å². The standard InChI is InChI=1S/C33H22ClN3/c34-30-19-17-23(18-20-30)26-13-7-14-27(21-26)28-15-8-16-29(22-28)33-36-31(24-9-3-1-4-10-24)35-32(37-33)25-11-5-2-6-12-25/h1-22H. The first-order valence-corrected chi connectivity index (χ1v) is 12.4. The van der Waals surface area contributed by atoms with E-state index in [-0.39, 0.29) is 0 Å². The number of hydrogen-bond acceptors (Lipinski definition) is 3. The van der Waals surface area contributed by atoms with Crippen molar-refractivity contribution >= 4 is 11.6 Å². The molecular formula is C33H22ClN3. The monoisotopic (exact) mass is 495 g/mol. The Morgan fingerprint density at radius 2 is 0.703 bits per heavy atom. The van der Waals surface area contributed by atoms with Crippen LogP contribution in [0.1, 0.15) is 0 Å². The molecule has 6 aromatic rings. The molecule has 1 aromatic heterocycles. The minimum absolute atomic E-state index is 0.642. The molecule has 0 aliphatic carbocycles. The third kappa shape index (κ3) is 5.04. The summed E-state index contributed by atoms with van der Waals surface area (Å²) in [6.45, 7) is 0. The highest BCUT2D eigenvalue weighted by Crippen LogP contribution is 2.30. The summed E-state index contributed by atoms with van der Waals surface area (Å²) in [5.41, 5.74) is 7.32. The second-order valence-corrected chi connectivity index (χ2v) is 9.14. The van der Waals surface area contributed by atoms with E-state index in [1.807, 2.05) is 97.1 Å². The van der Waals surface area contributed by atoms with Crippen LogP contribution in [0, 0.1) is 0 Å². The van der Waals surface area contributed by atoms with Gasteiger partial charge in [0.25, 0.3) is 0 Å². The summed E-state index contributed by atoms with van der Waals surface area (Å²) >= 11 is 6.09. The first-order chi connectivity index (χ1) is 18.2. The Labute approximate surface area is 221 Å². The zero-order chi connectivity index (χ0) is 25.0. The lowest BCUT2D eigenvalue weighted by Gasteiger charge is -2.10. The highest BCUT2D eigenvalue weighted by molar-refractivity contribution is 6.30. The molecule has 0 aliphatic heterocycles. The fraction of sp³-hybridized carbons (Fsp3) is 0. The SMILES string of the molecule is Clc1ccc(-c2cccc(-c3cccc(-c4nc(-c5ccccc5)nc(-c5ccccc5)n4)c3)c2)cc1. The highest BCUT2D eigenvalue weighted by Gasteiger charge is 2.13. The number of nitrogens with zero attached hydrogens (tertiary/aromatic N) is 3. The van der Waals surface area contributed by atoms with Crippen LogP contribution >= 0.6 is 11.6 Å². The molecule has 0 saturated heterocycles. The molecule has 37 heavy (non-hydrogen) atoms. The number of rotatable bonds is 5. The van der Waals surface area contributed by atoms with Gasteiger partial charge in [0.05, 0.1) is 0 Å². The lowest BCUT2D eigenvalue weighted by Crippen LogP contribution is -2.00. The molecule has 5 aromatic carbocycles. The Morgan fingerprint density at radius 3 is 1.22 bits per heavy atom. The number of benzene rings is 5. The van der Waals surface area contributed by atoms with Crippen molar-refractivity contribution in [2.24, 2.45) is 0 Å². The molecule has 0 fully saturated rings. The van der Waals surface area contributed by atoms with Crippen LogP contribution in [-0.4, -0.2) is 15.0 Å². The Kier molecular flexibility index (Phi) is 6.28. The molecule has 0 amide bonds. The molecule has 4 heteroatoms. The van der Waals surface area contributed by atoms with E-state index in [0.717, 1.165) is 44.0 Å². The number of halogens is 1. The van der Waals surface area contributed by atoms with E-state index >= 15 is 0 Å². The van der Waals surface area contributed by atoms with Crippen LogP contribution in [0.15, 0.2) is 133 Å². The Morgan fingerprint density at radius 1 is 0.324 bits per heavy atom. The van der Waals surface area contributed by atoms with Crippen molar-refractivity contribution < 1.29 is 0 Å². The largest absolute Gasteiger partial charge is 0.208 e. The Hall–Kier alpha value is -4.60. The van der Waals surface area contributed by atoms with Crippen LogP contribution in [0.5, 0.6) is 0 Å². The summed E-state index contributed by atoms with van der Waals surface area (Å²) in [5, 5.41) is 0.731. The maximum atomic E-state index is 6.09. The van der Waals surface area contributed by atoms with Crippen molar-refractivity contribution in [1.82, 2.24) is 15.0 Å². The van der Waals surface area contributed by atoms with Crippen LogP contribution in [0.25, 0.3) is 56.4 Å². The van der Waals surface area contributed by atoms with Gasteiger partial charge in [-0.15, -0.1) is 0 Å². The van der Waals surface area contributed by atoms with E-state index in [1.54, 1.807) is 0 Å². The summed E-state index contributed by atoms with van der Waals surface area (Å²) in [5.74, 6) is 1.95. The van der Waals surface area contributed by atoms with Gasteiger partial charge in [-0.1, -0.05) is 121 Å². The van der Waals surface area contributed by atoms with Crippen LogP contribution < -0.4 is 0 Å². The molecule has 6 rings (SSSR count). The predicted molar refractivity (Wildman–Crippen MR) is 152 cm³/mol. The second-order valence-electron chi connectivity index (χ2n) is 8.71. The number of hydrogen-bond donors (Lipinski definition) is 0. The quantitative estimate of drug-likeness (QED) is 0.240. The molecular weight excluding hydrogens is 474 g/mol. The summed E-state index contributed by atoms with van der Waals surface area (Å²) in [4.78, 5) is 14.5. The summed E-state index contributed by atoms with van der Waals surface area (Å²) in [6, 6.07) is 44.8. The fourth-order valence-electron chi connectivity index (χ4n) is 4.30. The van der Waals surface area contributed by atoms with Gasteiger partial charge in [0.15, 0.2) is 17.5 Å². The topological polar surface area (TPSA) is 38.7 Å². The zero-order valence-electron chi connectivity index (χ0n) is 19.9. The molecule has 176 valence electrons. The van der Waals surface area contributed by atoms with E-state index in [4.69, 9.17) is 26.6 Å². The highest BCUT2D eigenvalue weighted by atomic mass is 35.5. The summed E-state index contributed by atoms with van der Waals surface area (Å²) in [7, 11) is 0. The molecule has 3 nitrogen and oxygen atoms in total. The maximum absolute atomic E-state index is 6.09. The molecule has 0 bridgehead atoms. The molecule has 0 saturated carbocycles. The average Bonchev–Trinajstić information content (AvgIpc) is 2.98. The van der Waals surface area contributed by atoms with Crippen LogP contribution in [-0.2, 0) is 0 Å². The predicted octanol–water partition coefficient (Wildman–Crippen LogP) is 8.86. The van der Waals surface area contributed by atoms with Gasteiger partial charge >= 0.3 is 0 Å². The van der Waals surface area contributed by atoms with Gasteiger partial charge in [-0.3, -0.25) is 0 Å².